The van der Waals surface area contributed by atoms with E-state index in [-0.39, 0.29) is 0 Å². The van der Waals surface area contributed by atoms with Crippen LogP contribution in [0.5, 0.6) is 0 Å². The number of rotatable bonds is 2. The van der Waals surface area contributed by atoms with Crippen LogP contribution in [-0.4, -0.2) is 22.6 Å². The number of hydrogen-bond donors (Lipinski definition) is 1. The number of nitrogens with zero attached hydrogens (tertiary/aromatic N) is 2. The first kappa shape index (κ1) is 13.8. The van der Waals surface area contributed by atoms with Crippen molar-refractivity contribution in [2.24, 2.45) is 5.73 Å². The van der Waals surface area contributed by atoms with E-state index < -0.39 is 0 Å². The summed E-state index contributed by atoms with van der Waals surface area (Å²) in [6, 6.07) is 2.72. The second-order valence-corrected chi connectivity index (χ2v) is 6.51. The molecule has 0 spiro atoms. The Morgan fingerprint density at radius 2 is 2.15 bits per heavy atom. The lowest BCUT2D eigenvalue weighted by molar-refractivity contribution is 0.610. The van der Waals surface area contributed by atoms with Gasteiger partial charge in [0.15, 0.2) is 0 Å². The van der Waals surface area contributed by atoms with Crippen LogP contribution in [0.3, 0.4) is 0 Å². The molecule has 2 heterocycles. The minimum atomic E-state index is 0.485. The molecule has 2 N–H and O–H groups in total. The highest BCUT2D eigenvalue weighted by Gasteiger charge is 2.25. The summed E-state index contributed by atoms with van der Waals surface area (Å²) in [5.74, 6) is 1.03. The number of aromatic nitrogens is 1. The number of pyridine rings is 1. The van der Waals surface area contributed by atoms with Crippen LogP contribution in [0.4, 0.5) is 5.82 Å². The van der Waals surface area contributed by atoms with Crippen LogP contribution in [0.1, 0.15) is 55.8 Å². The topological polar surface area (TPSA) is 42.2 Å². The predicted octanol–water partition coefficient (Wildman–Crippen LogP) is 2.97. The summed E-state index contributed by atoms with van der Waals surface area (Å²) >= 11 is 5.27. The molecule has 4 heteroatoms. The van der Waals surface area contributed by atoms with E-state index in [9.17, 15) is 0 Å². The second-order valence-electron chi connectivity index (χ2n) is 6.07. The van der Waals surface area contributed by atoms with Crippen molar-refractivity contribution < 1.29 is 0 Å². The molecule has 0 amide bonds. The Morgan fingerprint density at radius 1 is 1.30 bits per heavy atom. The molecule has 1 aliphatic carbocycles. The molecule has 1 aromatic heterocycles. The van der Waals surface area contributed by atoms with Crippen molar-refractivity contribution in [3.05, 3.63) is 22.9 Å². The van der Waals surface area contributed by atoms with E-state index >= 15 is 0 Å². The average Bonchev–Trinajstić information content (AvgIpc) is 2.78. The van der Waals surface area contributed by atoms with E-state index in [1.54, 1.807) is 0 Å². The van der Waals surface area contributed by atoms with Crippen LogP contribution in [-0.2, 0) is 12.8 Å². The molecule has 2 aliphatic rings. The van der Waals surface area contributed by atoms with Crippen molar-refractivity contribution in [3.63, 3.8) is 0 Å². The summed E-state index contributed by atoms with van der Waals surface area (Å²) in [7, 11) is 0. The summed E-state index contributed by atoms with van der Waals surface area (Å²) < 4.78 is 0. The van der Waals surface area contributed by atoms with Gasteiger partial charge in [-0.15, -0.1) is 0 Å². The van der Waals surface area contributed by atoms with Gasteiger partial charge in [0.2, 0.25) is 0 Å². The predicted molar refractivity (Wildman–Crippen MR) is 87.4 cm³/mol. The van der Waals surface area contributed by atoms with Gasteiger partial charge in [0.25, 0.3) is 0 Å². The van der Waals surface area contributed by atoms with Crippen molar-refractivity contribution in [1.29, 1.82) is 0 Å². The van der Waals surface area contributed by atoms with Gasteiger partial charge in [0.05, 0.1) is 5.56 Å². The Bertz CT molecular complexity index is 527. The number of thiocarbonyl (C=S) groups is 1. The molecular weight excluding hydrogens is 266 g/mol. The van der Waals surface area contributed by atoms with Gasteiger partial charge < -0.3 is 10.6 Å². The normalized spacial score (nSPS) is 22.4. The lowest BCUT2D eigenvalue weighted by atomic mass is 10.1. The molecule has 3 nitrogen and oxygen atoms in total. The Balaban J connectivity index is 2.04. The molecule has 1 unspecified atom stereocenters. The van der Waals surface area contributed by atoms with Crippen molar-refractivity contribution in [3.8, 4) is 0 Å². The van der Waals surface area contributed by atoms with Gasteiger partial charge in [0, 0.05) is 18.3 Å². The van der Waals surface area contributed by atoms with E-state index in [0.717, 1.165) is 30.8 Å². The third-order valence-corrected chi connectivity index (χ3v) is 4.84. The van der Waals surface area contributed by atoms with Gasteiger partial charge in [-0.1, -0.05) is 25.1 Å². The fraction of sp³-hybridized carbons (Fsp3) is 0.625. The molecule has 108 valence electrons. The van der Waals surface area contributed by atoms with Crippen LogP contribution >= 0.6 is 12.2 Å². The maximum Gasteiger partial charge on any atom is 0.139 e. The molecule has 1 aromatic rings. The Hall–Kier alpha value is -1.16. The number of hydrogen-bond acceptors (Lipinski definition) is 3. The molecular formula is C16H23N3S. The number of aryl methyl sites for hydroxylation is 2. The maximum absolute atomic E-state index is 5.96. The van der Waals surface area contributed by atoms with Gasteiger partial charge in [0.1, 0.15) is 10.8 Å². The molecule has 20 heavy (non-hydrogen) atoms. The zero-order valence-corrected chi connectivity index (χ0v) is 13.0. The first-order valence-corrected chi connectivity index (χ1v) is 8.17. The SMILES string of the molecule is CC1CCCCCN1c1nc2c(cc1C(N)=S)CCC2. The minimum Gasteiger partial charge on any atom is -0.389 e. The number of nitrogens with two attached hydrogens (primary N) is 1. The minimum absolute atomic E-state index is 0.485. The van der Waals surface area contributed by atoms with Crippen molar-refractivity contribution in [2.75, 3.05) is 11.4 Å². The van der Waals surface area contributed by atoms with E-state index in [1.165, 1.54) is 43.4 Å². The first-order valence-electron chi connectivity index (χ1n) is 7.76. The monoisotopic (exact) mass is 289 g/mol. The Morgan fingerprint density at radius 3 is 2.95 bits per heavy atom. The van der Waals surface area contributed by atoms with Crippen molar-refractivity contribution in [1.82, 2.24) is 4.98 Å². The highest BCUT2D eigenvalue weighted by molar-refractivity contribution is 7.80. The van der Waals surface area contributed by atoms with Gasteiger partial charge in [-0.2, -0.15) is 0 Å². The van der Waals surface area contributed by atoms with Crippen LogP contribution in [0, 0.1) is 0 Å². The van der Waals surface area contributed by atoms with Crippen LogP contribution in [0.15, 0.2) is 6.07 Å². The van der Waals surface area contributed by atoms with Crippen molar-refractivity contribution >= 4 is 23.0 Å². The third-order valence-electron chi connectivity index (χ3n) is 4.62. The smallest absolute Gasteiger partial charge is 0.139 e. The standard InChI is InChI=1S/C16H23N3S/c1-11-6-3-2-4-9-19(11)16-13(15(17)20)10-12-7-5-8-14(12)18-16/h10-11H,2-9H2,1H3,(H2,17,20). The average molecular weight is 289 g/mol. The number of fused-ring (bicyclic) bond motifs is 1. The molecule has 1 fully saturated rings. The number of anilines is 1. The van der Waals surface area contributed by atoms with Crippen LogP contribution < -0.4 is 10.6 Å². The Labute approximate surface area is 126 Å². The van der Waals surface area contributed by atoms with E-state index in [4.69, 9.17) is 22.9 Å². The lowest BCUT2D eigenvalue weighted by Gasteiger charge is -2.30. The largest absolute Gasteiger partial charge is 0.389 e. The van der Waals surface area contributed by atoms with Gasteiger partial charge in [-0.05, 0) is 50.7 Å². The summed E-state index contributed by atoms with van der Waals surface area (Å²) in [6.07, 6.45) is 8.52. The molecule has 0 aromatic carbocycles. The maximum atomic E-state index is 5.96. The fourth-order valence-corrected chi connectivity index (χ4v) is 3.60. The highest BCUT2D eigenvalue weighted by atomic mass is 32.1. The summed E-state index contributed by atoms with van der Waals surface area (Å²) in [4.78, 5) is 7.86. The molecule has 1 saturated heterocycles. The summed E-state index contributed by atoms with van der Waals surface area (Å²) in [5, 5.41) is 0. The quantitative estimate of drug-likeness (QED) is 0.850. The molecule has 1 aliphatic heterocycles. The van der Waals surface area contributed by atoms with Crippen LogP contribution in [0.25, 0.3) is 0 Å². The molecule has 0 radical (unpaired) electrons. The Kier molecular flexibility index (Phi) is 3.92. The summed E-state index contributed by atoms with van der Waals surface area (Å²) in [6.45, 7) is 3.37. The van der Waals surface area contributed by atoms with Crippen molar-refractivity contribution in [2.45, 2.75) is 57.9 Å². The highest BCUT2D eigenvalue weighted by Crippen LogP contribution is 2.30. The lowest BCUT2D eigenvalue weighted by Crippen LogP contribution is -2.35. The molecule has 3 rings (SSSR count). The second kappa shape index (κ2) is 5.68. The fourth-order valence-electron chi connectivity index (χ4n) is 3.45. The molecule has 0 saturated carbocycles. The van der Waals surface area contributed by atoms with E-state index in [1.807, 2.05) is 0 Å². The zero-order valence-electron chi connectivity index (χ0n) is 12.2. The van der Waals surface area contributed by atoms with Crippen LogP contribution in [0.2, 0.25) is 0 Å². The molecule has 0 bridgehead atoms. The summed E-state index contributed by atoms with van der Waals surface area (Å²) in [5.41, 5.74) is 9.55. The van der Waals surface area contributed by atoms with E-state index in [0.29, 0.717) is 11.0 Å². The van der Waals surface area contributed by atoms with Gasteiger partial charge in [-0.25, -0.2) is 4.98 Å². The third kappa shape index (κ3) is 2.53. The first-order chi connectivity index (χ1) is 9.66. The van der Waals surface area contributed by atoms with Gasteiger partial charge in [-0.3, -0.25) is 0 Å². The molecule has 1 atom stereocenters. The zero-order chi connectivity index (χ0) is 14.1. The van der Waals surface area contributed by atoms with E-state index in [2.05, 4.69) is 17.9 Å². The van der Waals surface area contributed by atoms with Gasteiger partial charge >= 0.3 is 0 Å².